The molecule has 9 heteroatoms. The van der Waals surface area contributed by atoms with Crippen LogP contribution in [0.4, 0.5) is 20.2 Å². The molecule has 0 radical (unpaired) electrons. The van der Waals surface area contributed by atoms with Crippen LogP contribution in [0.15, 0.2) is 70.3 Å². The van der Waals surface area contributed by atoms with Crippen LogP contribution in [0.25, 0.3) is 0 Å². The van der Waals surface area contributed by atoms with Gasteiger partial charge in [-0.2, -0.15) is 0 Å². The summed E-state index contributed by atoms with van der Waals surface area (Å²) in [4.78, 5) is 23.4. The van der Waals surface area contributed by atoms with Crippen LogP contribution in [0.2, 0.25) is 0 Å². The van der Waals surface area contributed by atoms with Gasteiger partial charge in [-0.15, -0.1) is 0 Å². The van der Waals surface area contributed by atoms with Crippen LogP contribution in [0, 0.1) is 11.6 Å². The Morgan fingerprint density at radius 1 is 0.730 bits per heavy atom. The van der Waals surface area contributed by atoms with Gasteiger partial charge in [-0.1, -0.05) is 18.2 Å². The van der Waals surface area contributed by atoms with Gasteiger partial charge in [0.15, 0.2) is 23.1 Å². The molecule has 0 saturated heterocycles. The molecule has 0 aromatic heterocycles. The molecule has 0 saturated carbocycles. The van der Waals surface area contributed by atoms with Gasteiger partial charge < -0.3 is 19.5 Å². The Morgan fingerprint density at radius 2 is 1.43 bits per heavy atom. The number of methoxy groups -OCH3 is 3. The van der Waals surface area contributed by atoms with Crippen LogP contribution in [-0.2, 0) is 0 Å². The van der Waals surface area contributed by atoms with E-state index < -0.39 is 28.5 Å². The third-order valence-electron chi connectivity index (χ3n) is 6.16. The van der Waals surface area contributed by atoms with Gasteiger partial charge in [-0.05, 0) is 60.0 Å². The van der Waals surface area contributed by atoms with E-state index in [0.29, 0.717) is 28.5 Å². The molecule has 0 spiro atoms. The molecule has 192 valence electrons. The SMILES string of the molecule is COc1ccc(C(NC(C)c2ccc(F)c(F)c2)c2cc(Nc3cc(=O)c3=O)c(OC)c(OC)c2)cc1. The molecule has 2 atom stereocenters. The first-order valence-electron chi connectivity index (χ1n) is 11.4. The van der Waals surface area contributed by atoms with Crippen molar-refractivity contribution in [1.82, 2.24) is 5.32 Å². The van der Waals surface area contributed by atoms with E-state index in [1.807, 2.05) is 31.2 Å². The topological polar surface area (TPSA) is 85.9 Å². The van der Waals surface area contributed by atoms with Crippen molar-refractivity contribution in [2.45, 2.75) is 19.0 Å². The maximum absolute atomic E-state index is 13.9. The maximum atomic E-state index is 13.9. The summed E-state index contributed by atoms with van der Waals surface area (Å²) in [7, 11) is 4.53. The average Bonchev–Trinajstić information content (AvgIpc) is 2.92. The molecule has 0 aliphatic carbocycles. The summed E-state index contributed by atoms with van der Waals surface area (Å²) in [5, 5.41) is 6.44. The van der Waals surface area contributed by atoms with Crippen molar-refractivity contribution in [2.24, 2.45) is 0 Å². The monoisotopic (exact) mass is 508 g/mol. The highest BCUT2D eigenvalue weighted by molar-refractivity contribution is 5.72. The minimum absolute atomic E-state index is 0.145. The normalized spacial score (nSPS) is 12.7. The van der Waals surface area contributed by atoms with Gasteiger partial charge in [0.2, 0.25) is 10.9 Å². The largest absolute Gasteiger partial charge is 0.497 e. The van der Waals surface area contributed by atoms with Gasteiger partial charge in [-0.3, -0.25) is 14.9 Å². The zero-order valence-electron chi connectivity index (χ0n) is 20.7. The Hall–Kier alpha value is -4.24. The van der Waals surface area contributed by atoms with Crippen molar-refractivity contribution in [1.29, 1.82) is 0 Å². The molecule has 0 bridgehead atoms. The fourth-order valence-corrected chi connectivity index (χ4v) is 4.11. The number of anilines is 2. The van der Waals surface area contributed by atoms with Gasteiger partial charge in [-0.25, -0.2) is 8.78 Å². The highest BCUT2D eigenvalue weighted by Crippen LogP contribution is 2.41. The summed E-state index contributed by atoms with van der Waals surface area (Å²) < 4.78 is 43.8. The van der Waals surface area contributed by atoms with Gasteiger partial charge in [0.05, 0.1) is 38.7 Å². The van der Waals surface area contributed by atoms with Crippen molar-refractivity contribution in [2.75, 3.05) is 26.6 Å². The minimum Gasteiger partial charge on any atom is -0.497 e. The lowest BCUT2D eigenvalue weighted by atomic mass is 9.95. The Labute approximate surface area is 212 Å². The lowest BCUT2D eigenvalue weighted by molar-refractivity contribution is 0.355. The smallest absolute Gasteiger partial charge is 0.249 e. The third kappa shape index (κ3) is 5.31. The predicted molar refractivity (Wildman–Crippen MR) is 137 cm³/mol. The van der Waals surface area contributed by atoms with Crippen LogP contribution in [-0.4, -0.2) is 21.3 Å². The molecule has 0 fully saturated rings. The molecule has 2 unspecified atom stereocenters. The number of ether oxygens (including phenoxy) is 3. The molecular formula is C28H26F2N2O5. The summed E-state index contributed by atoms with van der Waals surface area (Å²) in [6.45, 7) is 1.84. The Bertz CT molecular complexity index is 1480. The summed E-state index contributed by atoms with van der Waals surface area (Å²) in [5.41, 5.74) is 1.49. The molecule has 4 aromatic carbocycles. The van der Waals surface area contributed by atoms with Crippen LogP contribution >= 0.6 is 0 Å². The number of halogens is 2. The van der Waals surface area contributed by atoms with Crippen molar-refractivity contribution in [3.05, 3.63) is 109 Å². The second kappa shape index (κ2) is 10.8. The maximum Gasteiger partial charge on any atom is 0.249 e. The summed E-state index contributed by atoms with van der Waals surface area (Å²) in [5.74, 6) is -0.441. The van der Waals surface area contributed by atoms with E-state index in [2.05, 4.69) is 10.6 Å². The molecule has 7 nitrogen and oxygen atoms in total. The fraction of sp³-hybridized carbons (Fsp3) is 0.214. The first-order chi connectivity index (χ1) is 17.7. The number of hydrogen-bond acceptors (Lipinski definition) is 7. The Kier molecular flexibility index (Phi) is 7.54. The molecule has 4 rings (SSSR count). The number of benzene rings is 3. The van der Waals surface area contributed by atoms with E-state index in [9.17, 15) is 18.4 Å². The lowest BCUT2D eigenvalue weighted by Gasteiger charge is -2.27. The number of nitrogens with one attached hydrogen (secondary N) is 2. The average molecular weight is 509 g/mol. The molecule has 2 N–H and O–H groups in total. The van der Waals surface area contributed by atoms with Gasteiger partial charge in [0.25, 0.3) is 0 Å². The fourth-order valence-electron chi connectivity index (χ4n) is 4.11. The summed E-state index contributed by atoms with van der Waals surface area (Å²) in [6.07, 6.45) is 0. The molecule has 0 amide bonds. The molecule has 0 heterocycles. The Morgan fingerprint density at radius 3 is 2.00 bits per heavy atom. The summed E-state index contributed by atoms with van der Waals surface area (Å²) >= 11 is 0. The second-order valence-electron chi connectivity index (χ2n) is 8.45. The molecule has 0 aliphatic rings. The molecule has 0 aliphatic heterocycles. The van der Waals surface area contributed by atoms with Crippen LogP contribution in [0.1, 0.15) is 35.7 Å². The van der Waals surface area contributed by atoms with E-state index in [0.717, 1.165) is 23.3 Å². The first kappa shape index (κ1) is 25.8. The number of rotatable bonds is 10. The predicted octanol–water partition coefficient (Wildman–Crippen LogP) is 4.77. The van der Waals surface area contributed by atoms with E-state index in [4.69, 9.17) is 14.2 Å². The molecule has 4 aromatic rings. The summed E-state index contributed by atoms with van der Waals surface area (Å²) in [6, 6.07) is 15.1. The van der Waals surface area contributed by atoms with Gasteiger partial charge in [0, 0.05) is 12.1 Å². The van der Waals surface area contributed by atoms with Crippen LogP contribution in [0.5, 0.6) is 17.2 Å². The van der Waals surface area contributed by atoms with Gasteiger partial charge >= 0.3 is 0 Å². The second-order valence-corrected chi connectivity index (χ2v) is 8.45. The Balaban J connectivity index is 1.80. The van der Waals surface area contributed by atoms with E-state index in [-0.39, 0.29) is 11.7 Å². The zero-order chi connectivity index (χ0) is 26.7. The lowest BCUT2D eigenvalue weighted by Crippen LogP contribution is -2.31. The highest BCUT2D eigenvalue weighted by Gasteiger charge is 2.23. The van der Waals surface area contributed by atoms with E-state index >= 15 is 0 Å². The minimum atomic E-state index is -0.933. The van der Waals surface area contributed by atoms with Crippen molar-refractivity contribution in [3.8, 4) is 17.2 Å². The number of hydrogen-bond donors (Lipinski definition) is 2. The third-order valence-corrected chi connectivity index (χ3v) is 6.16. The van der Waals surface area contributed by atoms with Crippen molar-refractivity contribution in [3.63, 3.8) is 0 Å². The van der Waals surface area contributed by atoms with Gasteiger partial charge in [0.1, 0.15) is 5.75 Å². The van der Waals surface area contributed by atoms with Crippen molar-refractivity contribution < 1.29 is 23.0 Å². The first-order valence-corrected chi connectivity index (χ1v) is 11.4. The van der Waals surface area contributed by atoms with E-state index in [1.54, 1.807) is 19.2 Å². The highest BCUT2D eigenvalue weighted by atomic mass is 19.2. The quantitative estimate of drug-likeness (QED) is 0.299. The molecular weight excluding hydrogens is 482 g/mol. The van der Waals surface area contributed by atoms with Crippen molar-refractivity contribution >= 4 is 11.4 Å². The molecule has 37 heavy (non-hydrogen) atoms. The van der Waals surface area contributed by atoms with Crippen LogP contribution < -0.4 is 35.7 Å². The zero-order valence-corrected chi connectivity index (χ0v) is 20.7. The standard InChI is InChI=1S/C28H26F2N2O5/c1-15(17-7-10-20(29)21(30)11-17)31-26(16-5-8-19(35-2)9-6-16)18-12-23(28(37-4)25(13-18)36-3)32-22-14-24(33)27(22)34/h5-15,26,31-32H,1-4H3. The van der Waals surface area contributed by atoms with E-state index in [1.165, 1.54) is 26.4 Å². The van der Waals surface area contributed by atoms with Crippen LogP contribution in [0.3, 0.4) is 0 Å².